The Labute approximate surface area is 208 Å². The average Bonchev–Trinajstić information content (AvgIpc) is 3.34. The molecule has 0 aliphatic carbocycles. The summed E-state index contributed by atoms with van der Waals surface area (Å²) in [6, 6.07) is 17.8. The first-order valence-electron chi connectivity index (χ1n) is 12.5. The van der Waals surface area contributed by atoms with E-state index in [0.29, 0.717) is 12.3 Å². The number of rotatable bonds is 12. The second-order valence-electron chi connectivity index (χ2n) is 9.51. The average molecular weight is 480 g/mol. The molecule has 0 spiro atoms. The highest BCUT2D eigenvalue weighted by Crippen LogP contribution is 2.18. The number of alkyl carbamates (subject to hydrolysis) is 1. The van der Waals surface area contributed by atoms with E-state index < -0.39 is 12.1 Å². The van der Waals surface area contributed by atoms with Crippen molar-refractivity contribution in [3.8, 4) is 0 Å². The molecular formula is C28H37N3O4. The summed E-state index contributed by atoms with van der Waals surface area (Å²) >= 11 is 0. The van der Waals surface area contributed by atoms with Crippen LogP contribution in [0, 0.1) is 5.92 Å². The minimum Gasteiger partial charge on any atom is -0.445 e. The number of Topliss-reactive ketones (excluding diaryl/α,β-unsaturated/α-hetero) is 1. The quantitative estimate of drug-likeness (QED) is 0.485. The molecule has 1 saturated heterocycles. The van der Waals surface area contributed by atoms with Gasteiger partial charge in [-0.2, -0.15) is 0 Å². The fourth-order valence-corrected chi connectivity index (χ4v) is 4.23. The second kappa shape index (κ2) is 13.6. The fourth-order valence-electron chi connectivity index (χ4n) is 4.23. The van der Waals surface area contributed by atoms with E-state index in [9.17, 15) is 14.4 Å². The van der Waals surface area contributed by atoms with Gasteiger partial charge in [0.05, 0.1) is 18.6 Å². The summed E-state index contributed by atoms with van der Waals surface area (Å²) < 4.78 is 5.32. The maximum absolute atomic E-state index is 13.1. The van der Waals surface area contributed by atoms with Crippen LogP contribution in [-0.2, 0) is 27.4 Å². The van der Waals surface area contributed by atoms with Crippen LogP contribution < -0.4 is 10.6 Å². The van der Waals surface area contributed by atoms with Crippen LogP contribution in [0.2, 0.25) is 0 Å². The molecule has 0 bridgehead atoms. The number of benzene rings is 2. The Hall–Kier alpha value is -3.19. The van der Waals surface area contributed by atoms with Crippen molar-refractivity contribution in [2.24, 2.45) is 5.92 Å². The van der Waals surface area contributed by atoms with E-state index in [1.807, 2.05) is 60.7 Å². The van der Waals surface area contributed by atoms with Crippen LogP contribution in [0.25, 0.3) is 0 Å². The van der Waals surface area contributed by atoms with Crippen LogP contribution in [-0.4, -0.2) is 54.4 Å². The van der Waals surface area contributed by atoms with Gasteiger partial charge in [-0.15, -0.1) is 0 Å². The molecule has 1 aliphatic rings. The lowest BCUT2D eigenvalue weighted by atomic mass is 10.0. The third-order valence-corrected chi connectivity index (χ3v) is 6.27. The molecule has 7 nitrogen and oxygen atoms in total. The molecule has 0 saturated carbocycles. The molecule has 2 N–H and O–H groups in total. The Morgan fingerprint density at radius 1 is 1.00 bits per heavy atom. The van der Waals surface area contributed by atoms with Gasteiger partial charge in [-0.3, -0.25) is 14.5 Å². The highest BCUT2D eigenvalue weighted by molar-refractivity contribution is 5.93. The van der Waals surface area contributed by atoms with E-state index >= 15 is 0 Å². The lowest BCUT2D eigenvalue weighted by Crippen LogP contribution is -2.50. The van der Waals surface area contributed by atoms with Crippen LogP contribution in [0.5, 0.6) is 0 Å². The molecule has 1 fully saturated rings. The molecule has 2 aromatic rings. The molecule has 2 amide bonds. The predicted octanol–water partition coefficient (Wildman–Crippen LogP) is 3.72. The summed E-state index contributed by atoms with van der Waals surface area (Å²) in [6.45, 7) is 6.12. The van der Waals surface area contributed by atoms with Crippen molar-refractivity contribution >= 4 is 17.8 Å². The van der Waals surface area contributed by atoms with E-state index in [1.54, 1.807) is 0 Å². The standard InChI is InChI=1S/C28H37N3O4/c1-21(2)15-17-31-16-9-14-25(31)27(33)29-19-26(32)24(18-22-10-5-3-6-11-22)30-28(34)35-20-23-12-7-4-8-13-23/h3-8,10-13,21,24-25H,9,14-20H2,1-2H3,(H,29,33)(H,30,34)/t24-,25-/m0/s1. The summed E-state index contributed by atoms with van der Waals surface area (Å²) in [5.41, 5.74) is 1.77. The highest BCUT2D eigenvalue weighted by atomic mass is 16.5. The highest BCUT2D eigenvalue weighted by Gasteiger charge is 2.31. The van der Waals surface area contributed by atoms with Crippen molar-refractivity contribution in [2.75, 3.05) is 19.6 Å². The molecule has 3 rings (SSSR count). The van der Waals surface area contributed by atoms with Gasteiger partial charge in [0.2, 0.25) is 5.91 Å². The Morgan fingerprint density at radius 2 is 1.66 bits per heavy atom. The number of ketones is 1. The monoisotopic (exact) mass is 479 g/mol. The molecular weight excluding hydrogens is 442 g/mol. The number of hydrogen-bond acceptors (Lipinski definition) is 5. The second-order valence-corrected chi connectivity index (χ2v) is 9.51. The smallest absolute Gasteiger partial charge is 0.408 e. The third-order valence-electron chi connectivity index (χ3n) is 6.27. The van der Waals surface area contributed by atoms with Gasteiger partial charge in [0.15, 0.2) is 5.78 Å². The van der Waals surface area contributed by atoms with Crippen LogP contribution in [0.15, 0.2) is 60.7 Å². The Balaban J connectivity index is 1.56. The first-order valence-corrected chi connectivity index (χ1v) is 12.5. The maximum Gasteiger partial charge on any atom is 0.408 e. The number of nitrogens with one attached hydrogen (secondary N) is 2. The summed E-state index contributed by atoms with van der Waals surface area (Å²) in [6.07, 6.45) is 2.48. The van der Waals surface area contributed by atoms with Crippen LogP contribution in [0.3, 0.4) is 0 Å². The number of likely N-dealkylation sites (tertiary alicyclic amines) is 1. The van der Waals surface area contributed by atoms with Gasteiger partial charge < -0.3 is 15.4 Å². The lowest BCUT2D eigenvalue weighted by molar-refractivity contribution is -0.128. The largest absolute Gasteiger partial charge is 0.445 e. The van der Waals surface area contributed by atoms with Crippen molar-refractivity contribution in [1.29, 1.82) is 0 Å². The van der Waals surface area contributed by atoms with Crippen LogP contribution >= 0.6 is 0 Å². The predicted molar refractivity (Wildman–Crippen MR) is 136 cm³/mol. The Bertz CT molecular complexity index is 949. The zero-order valence-electron chi connectivity index (χ0n) is 20.7. The van der Waals surface area contributed by atoms with E-state index in [2.05, 4.69) is 29.4 Å². The first kappa shape index (κ1) is 26.4. The van der Waals surface area contributed by atoms with Crippen molar-refractivity contribution < 1.29 is 19.1 Å². The molecule has 0 radical (unpaired) electrons. The van der Waals surface area contributed by atoms with Crippen molar-refractivity contribution in [1.82, 2.24) is 15.5 Å². The van der Waals surface area contributed by atoms with E-state index in [4.69, 9.17) is 4.74 Å². The van der Waals surface area contributed by atoms with Crippen molar-refractivity contribution in [3.05, 3.63) is 71.8 Å². The number of carbonyl (C=O) groups is 3. The molecule has 0 unspecified atom stereocenters. The van der Waals surface area contributed by atoms with E-state index in [0.717, 1.165) is 43.5 Å². The zero-order valence-corrected chi connectivity index (χ0v) is 20.7. The number of amides is 2. The molecule has 2 atom stereocenters. The number of carbonyl (C=O) groups excluding carboxylic acids is 3. The van der Waals surface area contributed by atoms with Crippen molar-refractivity contribution in [2.45, 2.75) is 58.2 Å². The first-order chi connectivity index (χ1) is 16.9. The molecule has 1 aliphatic heterocycles. The van der Waals surface area contributed by atoms with Gasteiger partial charge in [0.25, 0.3) is 0 Å². The number of nitrogens with zero attached hydrogens (tertiary/aromatic N) is 1. The van der Waals surface area contributed by atoms with Gasteiger partial charge in [-0.05, 0) is 55.8 Å². The zero-order chi connectivity index (χ0) is 25.0. The lowest BCUT2D eigenvalue weighted by Gasteiger charge is -2.24. The SMILES string of the molecule is CC(C)CCN1CCC[C@H]1C(=O)NCC(=O)[C@H](Cc1ccccc1)NC(=O)OCc1ccccc1. The van der Waals surface area contributed by atoms with E-state index in [-0.39, 0.29) is 30.9 Å². The maximum atomic E-state index is 13.1. The van der Waals surface area contributed by atoms with Gasteiger partial charge in [-0.25, -0.2) is 4.79 Å². The van der Waals surface area contributed by atoms with Gasteiger partial charge in [0, 0.05) is 0 Å². The molecule has 2 aromatic carbocycles. The summed E-state index contributed by atoms with van der Waals surface area (Å²) in [4.78, 5) is 40.6. The fraction of sp³-hybridized carbons (Fsp3) is 0.464. The minimum absolute atomic E-state index is 0.115. The van der Waals surface area contributed by atoms with Crippen LogP contribution in [0.1, 0.15) is 44.2 Å². The minimum atomic E-state index is -0.804. The molecule has 35 heavy (non-hydrogen) atoms. The third kappa shape index (κ3) is 8.83. The number of hydrogen-bond donors (Lipinski definition) is 2. The topological polar surface area (TPSA) is 87.7 Å². The Morgan fingerprint density at radius 3 is 2.31 bits per heavy atom. The van der Waals surface area contributed by atoms with E-state index in [1.165, 1.54) is 0 Å². The Kier molecular flexibility index (Phi) is 10.3. The van der Waals surface area contributed by atoms with Gasteiger partial charge in [-0.1, -0.05) is 74.5 Å². The molecule has 7 heteroatoms. The normalized spacial score (nSPS) is 16.6. The molecule has 188 valence electrons. The van der Waals surface area contributed by atoms with Crippen molar-refractivity contribution in [3.63, 3.8) is 0 Å². The summed E-state index contributed by atoms with van der Waals surface area (Å²) in [5, 5.41) is 5.52. The van der Waals surface area contributed by atoms with Gasteiger partial charge in [0.1, 0.15) is 6.61 Å². The summed E-state index contributed by atoms with van der Waals surface area (Å²) in [5.74, 6) is 0.197. The van der Waals surface area contributed by atoms with Crippen LogP contribution in [0.4, 0.5) is 4.79 Å². The number of ether oxygens (including phenoxy) is 1. The molecule has 0 aromatic heterocycles. The summed E-state index contributed by atoms with van der Waals surface area (Å²) in [7, 11) is 0. The van der Waals surface area contributed by atoms with Gasteiger partial charge >= 0.3 is 6.09 Å². The molecule has 1 heterocycles.